The molecule has 3 nitrogen and oxygen atoms in total. The second-order valence-electron chi connectivity index (χ2n) is 9.94. The largest absolute Gasteiger partial charge is 0.317 e. The molecule has 4 rings (SSSR count). The molecular weight excluding hydrogens is 330 g/mol. The molecule has 1 spiro atoms. The third-order valence-electron chi connectivity index (χ3n) is 7.63. The molecule has 1 atom stereocenters. The minimum Gasteiger partial charge on any atom is -0.317 e. The highest BCUT2D eigenvalue weighted by atomic mass is 15.3. The molecule has 1 N–H and O–H groups in total. The molecule has 2 aliphatic heterocycles. The van der Waals surface area contributed by atoms with Crippen LogP contribution in [0.2, 0.25) is 0 Å². The van der Waals surface area contributed by atoms with E-state index in [2.05, 4.69) is 67.1 Å². The van der Waals surface area contributed by atoms with Gasteiger partial charge in [0, 0.05) is 37.8 Å². The molecule has 150 valence electrons. The highest BCUT2D eigenvalue weighted by Crippen LogP contribution is 2.52. The maximum absolute atomic E-state index is 3.56. The third kappa shape index (κ3) is 3.83. The van der Waals surface area contributed by atoms with E-state index < -0.39 is 0 Å². The van der Waals surface area contributed by atoms with Gasteiger partial charge in [0.05, 0.1) is 0 Å². The molecule has 0 amide bonds. The first kappa shape index (κ1) is 19.4. The molecule has 1 aromatic rings. The lowest BCUT2D eigenvalue weighted by molar-refractivity contribution is -0.0677. The molecule has 1 aromatic carbocycles. The number of nitrogens with one attached hydrogen (secondary N) is 1. The minimum atomic E-state index is 0.559. The van der Waals surface area contributed by atoms with Crippen LogP contribution in [0.4, 0.5) is 0 Å². The topological polar surface area (TPSA) is 18.5 Å². The van der Waals surface area contributed by atoms with Crippen molar-refractivity contribution in [3.05, 3.63) is 35.4 Å². The molecule has 0 bridgehead atoms. The van der Waals surface area contributed by atoms with Crippen molar-refractivity contribution in [2.24, 2.45) is 5.41 Å². The predicted molar refractivity (Wildman–Crippen MR) is 114 cm³/mol. The van der Waals surface area contributed by atoms with Crippen molar-refractivity contribution in [1.29, 1.82) is 0 Å². The fourth-order valence-corrected chi connectivity index (χ4v) is 5.88. The summed E-state index contributed by atoms with van der Waals surface area (Å²) in [5, 5.41) is 3.56. The smallest absolute Gasteiger partial charge is 0.0481 e. The molecule has 3 aliphatic rings. The summed E-state index contributed by atoms with van der Waals surface area (Å²) in [5.74, 6) is 0.592. The van der Waals surface area contributed by atoms with Crippen molar-refractivity contribution in [2.45, 2.75) is 77.4 Å². The summed E-state index contributed by atoms with van der Waals surface area (Å²) in [4.78, 5) is 5.59. The highest BCUT2D eigenvalue weighted by molar-refractivity contribution is 5.33. The summed E-state index contributed by atoms with van der Waals surface area (Å²) in [6.45, 7) is 15.5. The van der Waals surface area contributed by atoms with Crippen LogP contribution in [0.25, 0.3) is 0 Å². The van der Waals surface area contributed by atoms with Crippen molar-refractivity contribution in [1.82, 2.24) is 15.1 Å². The van der Waals surface area contributed by atoms with E-state index >= 15 is 0 Å². The van der Waals surface area contributed by atoms with Gasteiger partial charge >= 0.3 is 0 Å². The van der Waals surface area contributed by atoms with Crippen LogP contribution < -0.4 is 5.32 Å². The minimum absolute atomic E-state index is 0.559. The Morgan fingerprint density at radius 2 is 1.70 bits per heavy atom. The summed E-state index contributed by atoms with van der Waals surface area (Å²) in [5.41, 5.74) is 3.80. The van der Waals surface area contributed by atoms with Crippen molar-refractivity contribution < 1.29 is 0 Å². The fourth-order valence-electron chi connectivity index (χ4n) is 5.88. The maximum Gasteiger partial charge on any atom is 0.0481 e. The normalized spacial score (nSPS) is 27.4. The van der Waals surface area contributed by atoms with Crippen molar-refractivity contribution in [3.8, 4) is 0 Å². The number of nitrogens with zero attached hydrogens (tertiary/aromatic N) is 2. The van der Waals surface area contributed by atoms with Gasteiger partial charge in [-0.05, 0) is 75.1 Å². The van der Waals surface area contributed by atoms with Gasteiger partial charge in [0.15, 0.2) is 0 Å². The van der Waals surface area contributed by atoms with Gasteiger partial charge in [-0.15, -0.1) is 0 Å². The second-order valence-corrected chi connectivity index (χ2v) is 9.94. The van der Waals surface area contributed by atoms with E-state index in [0.29, 0.717) is 23.4 Å². The SMILES string of the molecule is CC(C)c1ccccc1[C@H]1CN(C(C)C)CCN1C1CC2(CCNCC2)C1. The van der Waals surface area contributed by atoms with Gasteiger partial charge in [-0.3, -0.25) is 9.80 Å². The summed E-state index contributed by atoms with van der Waals surface area (Å²) < 4.78 is 0. The Morgan fingerprint density at radius 3 is 2.37 bits per heavy atom. The number of piperazine rings is 1. The summed E-state index contributed by atoms with van der Waals surface area (Å²) in [6.07, 6.45) is 5.64. The zero-order valence-electron chi connectivity index (χ0n) is 17.9. The van der Waals surface area contributed by atoms with Crippen LogP contribution >= 0.6 is 0 Å². The van der Waals surface area contributed by atoms with E-state index in [9.17, 15) is 0 Å². The van der Waals surface area contributed by atoms with E-state index in [1.165, 1.54) is 58.4 Å². The first-order chi connectivity index (χ1) is 13.0. The van der Waals surface area contributed by atoms with Crippen LogP contribution in [0.5, 0.6) is 0 Å². The molecule has 2 heterocycles. The third-order valence-corrected chi connectivity index (χ3v) is 7.63. The molecule has 27 heavy (non-hydrogen) atoms. The highest BCUT2D eigenvalue weighted by Gasteiger charge is 2.49. The first-order valence-corrected chi connectivity index (χ1v) is 11.3. The van der Waals surface area contributed by atoms with E-state index in [4.69, 9.17) is 0 Å². The first-order valence-electron chi connectivity index (χ1n) is 11.3. The fraction of sp³-hybridized carbons (Fsp3) is 0.750. The standard InChI is InChI=1S/C24H39N3/c1-18(2)21-7-5-6-8-22(21)23-17-26(19(3)4)13-14-27(23)20-15-24(16-20)9-11-25-12-10-24/h5-8,18-20,23,25H,9-17H2,1-4H3/t23-/m1/s1. The lowest BCUT2D eigenvalue weighted by Gasteiger charge is -2.57. The van der Waals surface area contributed by atoms with Crippen LogP contribution in [0.1, 0.15) is 76.5 Å². The van der Waals surface area contributed by atoms with Crippen LogP contribution in [-0.2, 0) is 0 Å². The molecule has 2 saturated heterocycles. The molecular formula is C24H39N3. The molecule has 0 unspecified atom stereocenters. The average molecular weight is 370 g/mol. The summed E-state index contributed by atoms with van der Waals surface area (Å²) in [6, 6.07) is 11.2. The van der Waals surface area contributed by atoms with Gasteiger partial charge in [-0.2, -0.15) is 0 Å². The van der Waals surface area contributed by atoms with E-state index in [0.717, 1.165) is 6.04 Å². The van der Waals surface area contributed by atoms with Gasteiger partial charge < -0.3 is 5.32 Å². The Hall–Kier alpha value is -0.900. The number of rotatable bonds is 4. The van der Waals surface area contributed by atoms with Crippen LogP contribution in [-0.4, -0.2) is 54.6 Å². The Bertz CT molecular complexity index is 624. The molecule has 3 fully saturated rings. The van der Waals surface area contributed by atoms with Crippen LogP contribution in [0.3, 0.4) is 0 Å². The monoisotopic (exact) mass is 369 g/mol. The Morgan fingerprint density at radius 1 is 1.00 bits per heavy atom. The summed E-state index contributed by atoms with van der Waals surface area (Å²) >= 11 is 0. The zero-order valence-corrected chi connectivity index (χ0v) is 17.9. The lowest BCUT2D eigenvalue weighted by atomic mass is 9.60. The van der Waals surface area contributed by atoms with Crippen LogP contribution in [0, 0.1) is 5.41 Å². The zero-order chi connectivity index (χ0) is 19.0. The molecule has 1 saturated carbocycles. The van der Waals surface area contributed by atoms with E-state index in [1.54, 1.807) is 11.1 Å². The Balaban J connectivity index is 1.57. The molecule has 0 radical (unpaired) electrons. The number of benzene rings is 1. The maximum atomic E-state index is 3.56. The number of piperidine rings is 1. The summed E-state index contributed by atoms with van der Waals surface area (Å²) in [7, 11) is 0. The quantitative estimate of drug-likeness (QED) is 0.848. The lowest BCUT2D eigenvalue weighted by Crippen LogP contribution is -2.60. The second kappa shape index (κ2) is 7.85. The average Bonchev–Trinajstić information content (AvgIpc) is 2.66. The van der Waals surface area contributed by atoms with Crippen molar-refractivity contribution in [3.63, 3.8) is 0 Å². The van der Waals surface area contributed by atoms with Crippen molar-refractivity contribution >= 4 is 0 Å². The Kier molecular flexibility index (Phi) is 5.64. The predicted octanol–water partition coefficient (Wildman–Crippen LogP) is 4.41. The molecule has 0 aromatic heterocycles. The van der Waals surface area contributed by atoms with Crippen molar-refractivity contribution in [2.75, 3.05) is 32.7 Å². The van der Waals surface area contributed by atoms with Gasteiger partial charge in [0.2, 0.25) is 0 Å². The van der Waals surface area contributed by atoms with Crippen LogP contribution in [0.15, 0.2) is 24.3 Å². The number of hydrogen-bond donors (Lipinski definition) is 1. The molecule has 3 heteroatoms. The van der Waals surface area contributed by atoms with Gasteiger partial charge in [0.1, 0.15) is 0 Å². The van der Waals surface area contributed by atoms with Gasteiger partial charge in [0.25, 0.3) is 0 Å². The molecule has 1 aliphatic carbocycles. The Labute approximate surface area is 166 Å². The van der Waals surface area contributed by atoms with E-state index in [-0.39, 0.29) is 0 Å². The number of hydrogen-bond acceptors (Lipinski definition) is 3. The van der Waals surface area contributed by atoms with Gasteiger partial charge in [-0.25, -0.2) is 0 Å². The van der Waals surface area contributed by atoms with Gasteiger partial charge in [-0.1, -0.05) is 38.1 Å². The van der Waals surface area contributed by atoms with E-state index in [1.807, 2.05) is 0 Å².